The first-order valence-electron chi connectivity index (χ1n) is 5.60. The van der Waals surface area contributed by atoms with E-state index in [1.54, 1.807) is 0 Å². The lowest BCUT2D eigenvalue weighted by atomic mass is 10.1. The number of alkyl halides is 1. The Bertz CT molecular complexity index is 363. The SMILES string of the molecule is Cc1cc(C)c(O)c(NC[C@H](Br)C(C)C)c1. The predicted molar refractivity (Wildman–Crippen MR) is 73.6 cm³/mol. The first-order chi connectivity index (χ1) is 7.41. The number of aromatic hydroxyl groups is 1. The summed E-state index contributed by atoms with van der Waals surface area (Å²) in [6, 6.07) is 3.96. The second-order valence-electron chi connectivity index (χ2n) is 4.62. The third-order valence-corrected chi connectivity index (χ3v) is 4.04. The zero-order valence-electron chi connectivity index (χ0n) is 10.3. The number of anilines is 1. The Morgan fingerprint density at radius 1 is 1.31 bits per heavy atom. The first kappa shape index (κ1) is 13.4. The van der Waals surface area contributed by atoms with E-state index >= 15 is 0 Å². The highest BCUT2D eigenvalue weighted by atomic mass is 79.9. The fourth-order valence-electron chi connectivity index (χ4n) is 1.54. The average molecular weight is 286 g/mol. The lowest BCUT2D eigenvalue weighted by Gasteiger charge is -2.17. The number of rotatable bonds is 4. The molecule has 3 heteroatoms. The minimum Gasteiger partial charge on any atom is -0.506 e. The molecule has 1 aromatic carbocycles. The number of benzene rings is 1. The summed E-state index contributed by atoms with van der Waals surface area (Å²) in [5.41, 5.74) is 2.90. The Morgan fingerprint density at radius 2 is 1.94 bits per heavy atom. The monoisotopic (exact) mass is 285 g/mol. The van der Waals surface area contributed by atoms with Gasteiger partial charge in [0.15, 0.2) is 0 Å². The Morgan fingerprint density at radius 3 is 2.50 bits per heavy atom. The maximum Gasteiger partial charge on any atom is 0.141 e. The molecule has 2 nitrogen and oxygen atoms in total. The number of phenols is 1. The summed E-state index contributed by atoms with van der Waals surface area (Å²) < 4.78 is 0. The highest BCUT2D eigenvalue weighted by Gasteiger charge is 2.10. The van der Waals surface area contributed by atoms with Gasteiger partial charge in [0.1, 0.15) is 5.75 Å². The molecule has 0 fully saturated rings. The maximum atomic E-state index is 9.90. The van der Waals surface area contributed by atoms with Gasteiger partial charge in [0.2, 0.25) is 0 Å². The van der Waals surface area contributed by atoms with Gasteiger partial charge in [-0.1, -0.05) is 35.8 Å². The maximum absolute atomic E-state index is 9.90. The molecule has 0 radical (unpaired) electrons. The molecule has 0 aliphatic carbocycles. The molecule has 0 saturated carbocycles. The van der Waals surface area contributed by atoms with Crippen molar-refractivity contribution in [2.24, 2.45) is 5.92 Å². The summed E-state index contributed by atoms with van der Waals surface area (Å²) in [5.74, 6) is 0.926. The van der Waals surface area contributed by atoms with Crippen molar-refractivity contribution in [2.45, 2.75) is 32.5 Å². The molecule has 90 valence electrons. The molecule has 1 aromatic rings. The average Bonchev–Trinajstić information content (AvgIpc) is 2.20. The molecule has 16 heavy (non-hydrogen) atoms. The topological polar surface area (TPSA) is 32.3 Å². The Kier molecular flexibility index (Phi) is 4.66. The molecule has 1 rings (SSSR count). The van der Waals surface area contributed by atoms with Gasteiger partial charge in [-0.15, -0.1) is 0 Å². The molecule has 0 amide bonds. The van der Waals surface area contributed by atoms with E-state index in [1.807, 2.05) is 26.0 Å². The van der Waals surface area contributed by atoms with Crippen molar-refractivity contribution in [1.29, 1.82) is 0 Å². The van der Waals surface area contributed by atoms with E-state index < -0.39 is 0 Å². The first-order valence-corrected chi connectivity index (χ1v) is 6.51. The molecular formula is C13H20BrNO. The fraction of sp³-hybridized carbons (Fsp3) is 0.538. The lowest BCUT2D eigenvalue weighted by molar-refractivity contribution is 0.472. The number of hydrogen-bond acceptors (Lipinski definition) is 2. The minimum atomic E-state index is 0.356. The van der Waals surface area contributed by atoms with Gasteiger partial charge in [-0.05, 0) is 37.0 Å². The van der Waals surface area contributed by atoms with Crippen LogP contribution in [0.5, 0.6) is 5.75 Å². The lowest BCUT2D eigenvalue weighted by Crippen LogP contribution is -2.19. The number of halogens is 1. The normalized spacial score (nSPS) is 12.9. The Balaban J connectivity index is 2.74. The smallest absolute Gasteiger partial charge is 0.141 e. The predicted octanol–water partition coefficient (Wildman–Crippen LogP) is 3.84. The second-order valence-corrected chi connectivity index (χ2v) is 5.80. The van der Waals surface area contributed by atoms with Gasteiger partial charge in [-0.3, -0.25) is 0 Å². The van der Waals surface area contributed by atoms with E-state index in [0.29, 0.717) is 16.5 Å². The zero-order valence-corrected chi connectivity index (χ0v) is 11.9. The van der Waals surface area contributed by atoms with Crippen molar-refractivity contribution in [1.82, 2.24) is 0 Å². The summed E-state index contributed by atoms with van der Waals surface area (Å²) >= 11 is 3.62. The van der Waals surface area contributed by atoms with Gasteiger partial charge >= 0.3 is 0 Å². The van der Waals surface area contributed by atoms with Gasteiger partial charge in [0.25, 0.3) is 0 Å². The van der Waals surface area contributed by atoms with E-state index in [-0.39, 0.29) is 0 Å². The van der Waals surface area contributed by atoms with Gasteiger partial charge in [0, 0.05) is 11.4 Å². The molecule has 0 aliphatic rings. The highest BCUT2D eigenvalue weighted by molar-refractivity contribution is 9.09. The van der Waals surface area contributed by atoms with Crippen molar-refractivity contribution >= 4 is 21.6 Å². The van der Waals surface area contributed by atoms with Crippen LogP contribution in [0, 0.1) is 19.8 Å². The summed E-state index contributed by atoms with van der Waals surface area (Å²) in [6.45, 7) is 9.10. The van der Waals surface area contributed by atoms with Gasteiger partial charge < -0.3 is 10.4 Å². The summed E-state index contributed by atoms with van der Waals surface area (Å²) in [6.07, 6.45) is 0. The Labute approximate surface area is 106 Å². The van der Waals surface area contributed by atoms with Crippen LogP contribution in [0.3, 0.4) is 0 Å². The number of nitrogens with one attached hydrogen (secondary N) is 1. The molecule has 2 N–H and O–H groups in total. The summed E-state index contributed by atoms with van der Waals surface area (Å²) in [4.78, 5) is 0.410. The zero-order chi connectivity index (χ0) is 12.3. The molecule has 0 aromatic heterocycles. The number of hydrogen-bond donors (Lipinski definition) is 2. The molecule has 0 unspecified atom stereocenters. The molecule has 0 heterocycles. The van der Waals surface area contributed by atoms with E-state index in [0.717, 1.165) is 23.4 Å². The van der Waals surface area contributed by atoms with Crippen LogP contribution in [-0.4, -0.2) is 16.5 Å². The van der Waals surface area contributed by atoms with E-state index in [2.05, 4.69) is 35.1 Å². The van der Waals surface area contributed by atoms with Crippen LogP contribution in [-0.2, 0) is 0 Å². The third kappa shape index (κ3) is 3.41. The van der Waals surface area contributed by atoms with Gasteiger partial charge in [-0.2, -0.15) is 0 Å². The molecule has 0 saturated heterocycles. The molecular weight excluding hydrogens is 266 g/mol. The largest absolute Gasteiger partial charge is 0.506 e. The third-order valence-electron chi connectivity index (χ3n) is 2.66. The second kappa shape index (κ2) is 5.58. The van der Waals surface area contributed by atoms with Crippen molar-refractivity contribution in [3.63, 3.8) is 0 Å². The van der Waals surface area contributed by atoms with E-state index in [1.165, 1.54) is 0 Å². The summed E-state index contributed by atoms with van der Waals surface area (Å²) in [5, 5.41) is 13.2. The molecule has 0 aliphatic heterocycles. The standard InChI is InChI=1S/C13H20BrNO/c1-8(2)11(14)7-15-12-6-9(3)5-10(4)13(12)16/h5-6,8,11,15-16H,7H2,1-4H3/t11-/m0/s1. The quantitative estimate of drug-likeness (QED) is 0.651. The van der Waals surface area contributed by atoms with E-state index in [9.17, 15) is 5.11 Å². The Hall–Kier alpha value is -0.700. The van der Waals surface area contributed by atoms with Crippen LogP contribution >= 0.6 is 15.9 Å². The highest BCUT2D eigenvalue weighted by Crippen LogP contribution is 2.29. The van der Waals surface area contributed by atoms with Crippen LogP contribution in [0.4, 0.5) is 5.69 Å². The number of phenolic OH excluding ortho intramolecular Hbond substituents is 1. The van der Waals surface area contributed by atoms with Crippen molar-refractivity contribution < 1.29 is 5.11 Å². The fourth-order valence-corrected chi connectivity index (χ4v) is 1.70. The number of aryl methyl sites for hydroxylation is 2. The van der Waals surface area contributed by atoms with Crippen molar-refractivity contribution in [2.75, 3.05) is 11.9 Å². The van der Waals surface area contributed by atoms with E-state index in [4.69, 9.17) is 0 Å². The van der Waals surface area contributed by atoms with Crippen LogP contribution in [0.25, 0.3) is 0 Å². The molecule has 1 atom stereocenters. The van der Waals surface area contributed by atoms with Gasteiger partial charge in [0.05, 0.1) is 5.69 Å². The van der Waals surface area contributed by atoms with Crippen LogP contribution in [0.1, 0.15) is 25.0 Å². The minimum absolute atomic E-state index is 0.356. The van der Waals surface area contributed by atoms with Crippen LogP contribution < -0.4 is 5.32 Å². The van der Waals surface area contributed by atoms with Crippen LogP contribution in [0.2, 0.25) is 0 Å². The van der Waals surface area contributed by atoms with Crippen molar-refractivity contribution in [3.8, 4) is 5.75 Å². The summed E-state index contributed by atoms with van der Waals surface area (Å²) in [7, 11) is 0. The molecule has 0 bridgehead atoms. The molecule has 0 spiro atoms. The van der Waals surface area contributed by atoms with Crippen molar-refractivity contribution in [3.05, 3.63) is 23.3 Å². The van der Waals surface area contributed by atoms with Crippen LogP contribution in [0.15, 0.2) is 12.1 Å². The van der Waals surface area contributed by atoms with Gasteiger partial charge in [-0.25, -0.2) is 0 Å².